The number of carbonyl (C=O) groups excluding carboxylic acids is 2. The maximum atomic E-state index is 11.9. The van der Waals surface area contributed by atoms with Crippen LogP contribution >= 0.6 is 0 Å². The summed E-state index contributed by atoms with van der Waals surface area (Å²) >= 11 is 0. The van der Waals surface area contributed by atoms with E-state index in [0.717, 1.165) is 12.8 Å². The lowest BCUT2D eigenvalue weighted by atomic mass is 9.95. The van der Waals surface area contributed by atoms with Gasteiger partial charge in [-0.25, -0.2) is 0 Å². The summed E-state index contributed by atoms with van der Waals surface area (Å²) in [6.07, 6.45) is 5.71. The summed E-state index contributed by atoms with van der Waals surface area (Å²) in [5, 5.41) is 5.68. The van der Waals surface area contributed by atoms with Crippen molar-refractivity contribution < 1.29 is 14.3 Å². The van der Waals surface area contributed by atoms with E-state index >= 15 is 0 Å². The highest BCUT2D eigenvalue weighted by molar-refractivity contribution is 5.90. The fourth-order valence-electron chi connectivity index (χ4n) is 2.54. The van der Waals surface area contributed by atoms with Gasteiger partial charge in [-0.2, -0.15) is 0 Å². The summed E-state index contributed by atoms with van der Waals surface area (Å²) in [5.41, 5.74) is 0.579. The SMILES string of the molecule is CC(=O)Nc1ccccc1OCC(=O)NC1CCCCC1. The lowest BCUT2D eigenvalue weighted by Gasteiger charge is -2.22. The minimum Gasteiger partial charge on any atom is -0.482 e. The highest BCUT2D eigenvalue weighted by atomic mass is 16.5. The van der Waals surface area contributed by atoms with E-state index in [2.05, 4.69) is 10.6 Å². The van der Waals surface area contributed by atoms with Crippen LogP contribution in [0, 0.1) is 0 Å². The number of rotatable bonds is 5. The first-order valence-corrected chi connectivity index (χ1v) is 7.44. The molecule has 2 amide bonds. The molecule has 1 aliphatic carbocycles. The predicted molar refractivity (Wildman–Crippen MR) is 81.3 cm³/mol. The number of hydrogen-bond acceptors (Lipinski definition) is 3. The quantitative estimate of drug-likeness (QED) is 0.875. The number of amides is 2. The number of carbonyl (C=O) groups is 2. The van der Waals surface area contributed by atoms with Crippen LogP contribution in [0.2, 0.25) is 0 Å². The first kappa shape index (κ1) is 15.4. The topological polar surface area (TPSA) is 67.4 Å². The first-order valence-electron chi connectivity index (χ1n) is 7.44. The van der Waals surface area contributed by atoms with Crippen LogP contribution in [0.1, 0.15) is 39.0 Å². The van der Waals surface area contributed by atoms with Gasteiger partial charge in [0, 0.05) is 13.0 Å². The van der Waals surface area contributed by atoms with Gasteiger partial charge in [0.2, 0.25) is 5.91 Å². The second-order valence-corrected chi connectivity index (χ2v) is 5.37. The Kier molecular flexibility index (Phi) is 5.60. The van der Waals surface area contributed by atoms with Crippen LogP contribution in [0.3, 0.4) is 0 Å². The molecule has 0 bridgehead atoms. The summed E-state index contributed by atoms with van der Waals surface area (Å²) in [4.78, 5) is 23.0. The van der Waals surface area contributed by atoms with Gasteiger partial charge in [0.1, 0.15) is 5.75 Å². The second kappa shape index (κ2) is 7.67. The van der Waals surface area contributed by atoms with Gasteiger partial charge in [-0.3, -0.25) is 9.59 Å². The maximum Gasteiger partial charge on any atom is 0.258 e. The summed E-state index contributed by atoms with van der Waals surface area (Å²) in [6.45, 7) is 1.40. The van der Waals surface area contributed by atoms with E-state index in [-0.39, 0.29) is 24.5 Å². The van der Waals surface area contributed by atoms with Crippen LogP contribution in [-0.4, -0.2) is 24.5 Å². The summed E-state index contributed by atoms with van der Waals surface area (Å²) in [6, 6.07) is 7.37. The Hall–Kier alpha value is -2.04. The third-order valence-corrected chi connectivity index (χ3v) is 3.53. The molecular formula is C16H22N2O3. The average molecular weight is 290 g/mol. The molecule has 2 rings (SSSR count). The molecule has 0 radical (unpaired) electrons. The molecule has 21 heavy (non-hydrogen) atoms. The van der Waals surface area contributed by atoms with Gasteiger partial charge in [0.05, 0.1) is 5.69 Å². The van der Waals surface area contributed by atoms with E-state index in [1.54, 1.807) is 24.3 Å². The molecule has 1 aliphatic rings. The van der Waals surface area contributed by atoms with Gasteiger partial charge in [-0.1, -0.05) is 31.4 Å². The van der Waals surface area contributed by atoms with E-state index < -0.39 is 0 Å². The number of hydrogen-bond donors (Lipinski definition) is 2. The van der Waals surface area contributed by atoms with Crippen molar-refractivity contribution in [2.24, 2.45) is 0 Å². The fourth-order valence-corrected chi connectivity index (χ4v) is 2.54. The van der Waals surface area contributed by atoms with E-state index in [9.17, 15) is 9.59 Å². The van der Waals surface area contributed by atoms with Crippen molar-refractivity contribution in [1.82, 2.24) is 5.32 Å². The van der Waals surface area contributed by atoms with Gasteiger partial charge in [-0.05, 0) is 25.0 Å². The van der Waals surface area contributed by atoms with E-state index in [4.69, 9.17) is 4.74 Å². The zero-order valence-electron chi connectivity index (χ0n) is 12.4. The molecule has 0 spiro atoms. The highest BCUT2D eigenvalue weighted by Gasteiger charge is 2.16. The van der Waals surface area contributed by atoms with Gasteiger partial charge in [0.15, 0.2) is 6.61 Å². The molecule has 0 saturated heterocycles. The largest absolute Gasteiger partial charge is 0.482 e. The van der Waals surface area contributed by atoms with Crippen molar-refractivity contribution in [2.75, 3.05) is 11.9 Å². The zero-order chi connectivity index (χ0) is 15.1. The Balaban J connectivity index is 1.84. The lowest BCUT2D eigenvalue weighted by molar-refractivity contribution is -0.124. The van der Waals surface area contributed by atoms with Crippen LogP contribution in [0.15, 0.2) is 24.3 Å². The maximum absolute atomic E-state index is 11.9. The molecule has 1 aromatic carbocycles. The Morgan fingerprint density at radius 3 is 2.62 bits per heavy atom. The van der Waals surface area contributed by atoms with Gasteiger partial charge in [-0.15, -0.1) is 0 Å². The molecule has 5 heteroatoms. The smallest absolute Gasteiger partial charge is 0.258 e. The summed E-state index contributed by atoms with van der Waals surface area (Å²) in [5.74, 6) is 0.226. The number of nitrogens with one attached hydrogen (secondary N) is 2. The Labute approximate surface area is 125 Å². The standard InChI is InChI=1S/C16H22N2O3/c1-12(19)17-14-9-5-6-10-15(14)21-11-16(20)18-13-7-3-2-4-8-13/h5-6,9-10,13H,2-4,7-8,11H2,1H3,(H,17,19)(H,18,20). The predicted octanol–water partition coefficient (Wildman–Crippen LogP) is 2.47. The van der Waals surface area contributed by atoms with E-state index in [0.29, 0.717) is 11.4 Å². The van der Waals surface area contributed by atoms with Gasteiger partial charge < -0.3 is 15.4 Å². The Bertz CT molecular complexity index is 496. The molecule has 0 aliphatic heterocycles. The highest BCUT2D eigenvalue weighted by Crippen LogP contribution is 2.23. The Morgan fingerprint density at radius 2 is 1.90 bits per heavy atom. The van der Waals surface area contributed by atoms with E-state index in [1.807, 2.05) is 0 Å². The number of benzene rings is 1. The molecule has 0 atom stereocenters. The average Bonchev–Trinajstić information content (AvgIpc) is 2.47. The lowest BCUT2D eigenvalue weighted by Crippen LogP contribution is -2.39. The van der Waals surface area contributed by atoms with Crippen molar-refractivity contribution in [1.29, 1.82) is 0 Å². The monoisotopic (exact) mass is 290 g/mol. The minimum absolute atomic E-state index is 0.0346. The van der Waals surface area contributed by atoms with Crippen LogP contribution < -0.4 is 15.4 Å². The van der Waals surface area contributed by atoms with Crippen LogP contribution in [-0.2, 0) is 9.59 Å². The minimum atomic E-state index is -0.169. The molecule has 1 fully saturated rings. The van der Waals surface area contributed by atoms with Gasteiger partial charge >= 0.3 is 0 Å². The molecule has 114 valence electrons. The van der Waals surface area contributed by atoms with Crippen molar-refractivity contribution in [3.8, 4) is 5.75 Å². The second-order valence-electron chi connectivity index (χ2n) is 5.37. The van der Waals surface area contributed by atoms with Crippen LogP contribution in [0.25, 0.3) is 0 Å². The Morgan fingerprint density at radius 1 is 1.19 bits per heavy atom. The number of anilines is 1. The molecular weight excluding hydrogens is 268 g/mol. The molecule has 0 heterocycles. The van der Waals surface area contributed by atoms with Crippen molar-refractivity contribution in [3.05, 3.63) is 24.3 Å². The van der Waals surface area contributed by atoms with E-state index in [1.165, 1.54) is 26.2 Å². The summed E-state index contributed by atoms with van der Waals surface area (Å²) < 4.78 is 5.51. The molecule has 2 N–H and O–H groups in total. The third-order valence-electron chi connectivity index (χ3n) is 3.53. The van der Waals surface area contributed by atoms with Gasteiger partial charge in [0.25, 0.3) is 5.91 Å². The van der Waals surface area contributed by atoms with Crippen molar-refractivity contribution >= 4 is 17.5 Å². The van der Waals surface area contributed by atoms with Crippen molar-refractivity contribution in [3.63, 3.8) is 0 Å². The normalized spacial score (nSPS) is 15.3. The molecule has 0 aromatic heterocycles. The number of para-hydroxylation sites is 2. The molecule has 1 saturated carbocycles. The molecule has 1 aromatic rings. The van der Waals surface area contributed by atoms with Crippen LogP contribution in [0.4, 0.5) is 5.69 Å². The fraction of sp³-hybridized carbons (Fsp3) is 0.500. The summed E-state index contributed by atoms with van der Waals surface area (Å²) in [7, 11) is 0. The first-order chi connectivity index (χ1) is 10.1. The zero-order valence-corrected chi connectivity index (χ0v) is 12.4. The third kappa shape index (κ3) is 5.10. The molecule has 0 unspecified atom stereocenters. The number of ether oxygens (including phenoxy) is 1. The van der Waals surface area contributed by atoms with Crippen LogP contribution in [0.5, 0.6) is 5.75 Å². The van der Waals surface area contributed by atoms with Crippen molar-refractivity contribution in [2.45, 2.75) is 45.1 Å². The molecule has 5 nitrogen and oxygen atoms in total.